The van der Waals surface area contributed by atoms with Crippen molar-refractivity contribution in [2.75, 3.05) is 0 Å². The topological polar surface area (TPSA) is 67.8 Å². The average Bonchev–Trinajstić information content (AvgIpc) is 2.42. The second-order valence-electron chi connectivity index (χ2n) is 4.16. The largest absolute Gasteiger partial charge is 0.455 e. The number of benzene rings is 2. The number of ether oxygens (including phenoxy) is 1. The summed E-state index contributed by atoms with van der Waals surface area (Å²) in [6.45, 7) is 1.91. The molecular formula is C14H12BrClN2O2. The zero-order valence-electron chi connectivity index (χ0n) is 10.6. The van der Waals surface area contributed by atoms with Crippen molar-refractivity contribution in [3.8, 4) is 11.5 Å². The number of nitrogens with zero attached hydrogens (tertiary/aromatic N) is 1. The molecule has 104 valence electrons. The summed E-state index contributed by atoms with van der Waals surface area (Å²) in [5, 5.41) is 12.3. The van der Waals surface area contributed by atoms with E-state index in [1.807, 2.05) is 19.1 Å². The molecule has 20 heavy (non-hydrogen) atoms. The fraction of sp³-hybridized carbons (Fsp3) is 0.0714. The summed E-state index contributed by atoms with van der Waals surface area (Å²) in [6.07, 6.45) is 0. The summed E-state index contributed by atoms with van der Waals surface area (Å²) in [5.41, 5.74) is 7.14. The third-order valence-corrected chi connectivity index (χ3v) is 3.42. The van der Waals surface area contributed by atoms with Gasteiger partial charge in [0, 0.05) is 4.47 Å². The third-order valence-electron chi connectivity index (χ3n) is 2.63. The molecule has 3 N–H and O–H groups in total. The summed E-state index contributed by atoms with van der Waals surface area (Å²) in [7, 11) is 0. The first-order valence-corrected chi connectivity index (χ1v) is 6.90. The van der Waals surface area contributed by atoms with Crippen molar-refractivity contribution in [3.05, 3.63) is 57.0 Å². The lowest BCUT2D eigenvalue weighted by molar-refractivity contribution is 0.318. The van der Waals surface area contributed by atoms with Gasteiger partial charge in [-0.1, -0.05) is 44.3 Å². The normalized spacial score (nSPS) is 11.4. The van der Waals surface area contributed by atoms with Crippen molar-refractivity contribution < 1.29 is 9.94 Å². The Balaban J connectivity index is 2.43. The van der Waals surface area contributed by atoms with Crippen LogP contribution in [0.15, 0.2) is 46.0 Å². The van der Waals surface area contributed by atoms with Crippen molar-refractivity contribution >= 4 is 33.4 Å². The Bertz CT molecular complexity index is 674. The fourth-order valence-corrected chi connectivity index (χ4v) is 2.38. The Morgan fingerprint density at radius 1 is 1.25 bits per heavy atom. The molecule has 4 nitrogen and oxygen atoms in total. The van der Waals surface area contributed by atoms with Crippen molar-refractivity contribution in [1.29, 1.82) is 0 Å². The number of rotatable bonds is 3. The number of oxime groups is 1. The number of hydrogen-bond acceptors (Lipinski definition) is 3. The maximum Gasteiger partial charge on any atom is 0.173 e. The van der Waals surface area contributed by atoms with E-state index in [4.69, 9.17) is 27.3 Å². The Morgan fingerprint density at radius 2 is 1.95 bits per heavy atom. The summed E-state index contributed by atoms with van der Waals surface area (Å²) < 4.78 is 6.61. The second-order valence-corrected chi connectivity index (χ2v) is 5.48. The maximum absolute atomic E-state index is 8.84. The minimum Gasteiger partial charge on any atom is -0.455 e. The summed E-state index contributed by atoms with van der Waals surface area (Å²) >= 11 is 9.44. The van der Waals surface area contributed by atoms with Gasteiger partial charge in [-0.05, 0) is 37.3 Å². The molecule has 0 atom stereocenters. The molecule has 0 saturated carbocycles. The van der Waals surface area contributed by atoms with E-state index >= 15 is 0 Å². The molecule has 0 bridgehead atoms. The van der Waals surface area contributed by atoms with Gasteiger partial charge in [-0.15, -0.1) is 0 Å². The lowest BCUT2D eigenvalue weighted by atomic mass is 10.1. The van der Waals surface area contributed by atoms with Crippen LogP contribution in [0.25, 0.3) is 0 Å². The Morgan fingerprint density at radius 3 is 2.60 bits per heavy atom. The number of hydrogen-bond donors (Lipinski definition) is 2. The van der Waals surface area contributed by atoms with E-state index < -0.39 is 0 Å². The lowest BCUT2D eigenvalue weighted by Gasteiger charge is -2.12. The molecule has 0 radical (unpaired) electrons. The van der Waals surface area contributed by atoms with Gasteiger partial charge in [0.05, 0.1) is 10.6 Å². The molecule has 6 heteroatoms. The molecule has 0 aromatic heterocycles. The summed E-state index contributed by atoms with van der Waals surface area (Å²) in [4.78, 5) is 0. The quantitative estimate of drug-likeness (QED) is 0.373. The Kier molecular flexibility index (Phi) is 4.52. The van der Waals surface area contributed by atoms with E-state index in [2.05, 4.69) is 21.1 Å². The van der Waals surface area contributed by atoms with E-state index in [1.165, 1.54) is 0 Å². The lowest BCUT2D eigenvalue weighted by Crippen LogP contribution is -2.14. The number of halogens is 2. The molecule has 0 heterocycles. The predicted molar refractivity (Wildman–Crippen MR) is 82.9 cm³/mol. The molecule has 2 aromatic rings. The van der Waals surface area contributed by atoms with Crippen LogP contribution in [-0.4, -0.2) is 11.0 Å². The predicted octanol–water partition coefficient (Wildman–Crippen LogP) is 4.30. The van der Waals surface area contributed by atoms with Gasteiger partial charge in [-0.25, -0.2) is 0 Å². The Labute approximate surface area is 129 Å². The molecule has 0 fully saturated rings. The van der Waals surface area contributed by atoms with Crippen LogP contribution in [-0.2, 0) is 0 Å². The molecule has 0 aliphatic carbocycles. The number of aryl methyl sites for hydroxylation is 1. The smallest absolute Gasteiger partial charge is 0.173 e. The number of amidine groups is 1. The average molecular weight is 356 g/mol. The summed E-state index contributed by atoms with van der Waals surface area (Å²) in [5.74, 6) is 0.942. The van der Waals surface area contributed by atoms with E-state index in [0.717, 1.165) is 10.0 Å². The minimum atomic E-state index is -0.0167. The van der Waals surface area contributed by atoms with Gasteiger partial charge in [-0.3, -0.25) is 0 Å². The molecule has 0 aliphatic heterocycles. The molecule has 0 amide bonds. The van der Waals surface area contributed by atoms with Gasteiger partial charge < -0.3 is 15.7 Å². The monoisotopic (exact) mass is 354 g/mol. The zero-order chi connectivity index (χ0) is 14.7. The first-order valence-electron chi connectivity index (χ1n) is 5.72. The SMILES string of the molecule is Cc1ccc(Oc2ccc(Br)cc2Cl)c(/C(N)=N/O)c1. The van der Waals surface area contributed by atoms with Gasteiger partial charge in [0.2, 0.25) is 0 Å². The first-order chi connectivity index (χ1) is 9.51. The highest BCUT2D eigenvalue weighted by molar-refractivity contribution is 9.10. The van der Waals surface area contributed by atoms with E-state index in [1.54, 1.807) is 24.3 Å². The fourth-order valence-electron chi connectivity index (χ4n) is 1.66. The van der Waals surface area contributed by atoms with E-state index in [-0.39, 0.29) is 5.84 Å². The zero-order valence-corrected chi connectivity index (χ0v) is 12.9. The van der Waals surface area contributed by atoms with E-state index in [9.17, 15) is 0 Å². The van der Waals surface area contributed by atoms with Crippen LogP contribution in [0.3, 0.4) is 0 Å². The van der Waals surface area contributed by atoms with Gasteiger partial charge in [0.15, 0.2) is 5.84 Å². The van der Waals surface area contributed by atoms with Crippen LogP contribution in [0, 0.1) is 6.92 Å². The van der Waals surface area contributed by atoms with Crippen molar-refractivity contribution in [2.45, 2.75) is 6.92 Å². The van der Waals surface area contributed by atoms with Crippen LogP contribution >= 0.6 is 27.5 Å². The minimum absolute atomic E-state index is 0.0167. The molecule has 0 spiro atoms. The van der Waals surface area contributed by atoms with Crippen molar-refractivity contribution in [2.24, 2.45) is 10.9 Å². The van der Waals surface area contributed by atoms with Crippen LogP contribution < -0.4 is 10.5 Å². The highest BCUT2D eigenvalue weighted by Gasteiger charge is 2.11. The van der Waals surface area contributed by atoms with Gasteiger partial charge >= 0.3 is 0 Å². The number of nitrogens with two attached hydrogens (primary N) is 1. The van der Waals surface area contributed by atoms with Crippen LogP contribution in [0.1, 0.15) is 11.1 Å². The van der Waals surface area contributed by atoms with Crippen molar-refractivity contribution in [1.82, 2.24) is 0 Å². The maximum atomic E-state index is 8.84. The molecule has 2 aromatic carbocycles. The molecular weight excluding hydrogens is 344 g/mol. The third kappa shape index (κ3) is 3.23. The van der Waals surface area contributed by atoms with Crippen LogP contribution in [0.2, 0.25) is 5.02 Å². The van der Waals surface area contributed by atoms with Gasteiger partial charge in [-0.2, -0.15) is 0 Å². The molecule has 0 saturated heterocycles. The molecule has 0 aliphatic rings. The highest BCUT2D eigenvalue weighted by atomic mass is 79.9. The van der Waals surface area contributed by atoms with Gasteiger partial charge in [0.1, 0.15) is 11.5 Å². The highest BCUT2D eigenvalue weighted by Crippen LogP contribution is 2.33. The van der Waals surface area contributed by atoms with Gasteiger partial charge in [0.25, 0.3) is 0 Å². The summed E-state index contributed by atoms with van der Waals surface area (Å²) in [6, 6.07) is 10.7. The van der Waals surface area contributed by atoms with Crippen molar-refractivity contribution in [3.63, 3.8) is 0 Å². The standard InChI is InChI=1S/C14H12BrClN2O2/c1-8-2-4-12(10(6-8)14(17)18-19)20-13-5-3-9(15)7-11(13)16/h2-7,19H,1H3,(H2,17,18). The van der Waals surface area contributed by atoms with Crippen LogP contribution in [0.4, 0.5) is 0 Å². The first kappa shape index (κ1) is 14.7. The van der Waals surface area contributed by atoms with Crippen LogP contribution in [0.5, 0.6) is 11.5 Å². The Hall–Kier alpha value is -1.72. The van der Waals surface area contributed by atoms with E-state index in [0.29, 0.717) is 22.1 Å². The molecule has 0 unspecified atom stereocenters. The molecule has 2 rings (SSSR count). The second kappa shape index (κ2) is 6.15.